The zero-order chi connectivity index (χ0) is 13.7. The van der Waals surface area contributed by atoms with Gasteiger partial charge in [-0.2, -0.15) is 0 Å². The van der Waals surface area contributed by atoms with Gasteiger partial charge < -0.3 is 15.0 Å². The molecule has 0 aromatic rings. The fourth-order valence-corrected chi connectivity index (χ4v) is 3.95. The van der Waals surface area contributed by atoms with E-state index in [0.717, 1.165) is 25.8 Å². The van der Waals surface area contributed by atoms with Crippen LogP contribution >= 0.6 is 0 Å². The van der Waals surface area contributed by atoms with E-state index < -0.39 is 0 Å². The number of nitrogens with one attached hydrogen (secondary N) is 1. The molecule has 0 atom stereocenters. The first-order chi connectivity index (χ1) is 9.86. The molecule has 0 unspecified atom stereocenters. The first kappa shape index (κ1) is 14.8. The van der Waals surface area contributed by atoms with Crippen LogP contribution in [-0.4, -0.2) is 50.3 Å². The molecule has 1 aliphatic heterocycles. The zero-order valence-corrected chi connectivity index (χ0v) is 13.0. The lowest BCUT2D eigenvalue weighted by Gasteiger charge is -2.38. The van der Waals surface area contributed by atoms with Crippen molar-refractivity contribution in [1.29, 1.82) is 0 Å². The molecule has 116 valence electrons. The smallest absolute Gasteiger partial charge is 0.0593 e. The molecule has 3 rings (SSSR count). The van der Waals surface area contributed by atoms with Crippen LogP contribution in [0.25, 0.3) is 0 Å². The summed E-state index contributed by atoms with van der Waals surface area (Å²) in [5, 5.41) is 3.84. The number of ether oxygens (including phenoxy) is 1. The van der Waals surface area contributed by atoms with Crippen LogP contribution in [0.1, 0.15) is 57.8 Å². The number of hydrogen-bond acceptors (Lipinski definition) is 3. The van der Waals surface area contributed by atoms with Gasteiger partial charge in [-0.3, -0.25) is 0 Å². The van der Waals surface area contributed by atoms with E-state index in [1.165, 1.54) is 77.4 Å². The van der Waals surface area contributed by atoms with Gasteiger partial charge in [-0.1, -0.05) is 25.7 Å². The molecule has 20 heavy (non-hydrogen) atoms. The minimum Gasteiger partial charge on any atom is -0.380 e. The summed E-state index contributed by atoms with van der Waals surface area (Å²) in [5.74, 6) is 0. The molecule has 3 fully saturated rings. The molecular weight excluding hydrogens is 248 g/mol. The molecule has 2 saturated carbocycles. The quantitative estimate of drug-likeness (QED) is 0.784. The summed E-state index contributed by atoms with van der Waals surface area (Å²) in [6.45, 7) is 6.84. The lowest BCUT2D eigenvalue weighted by molar-refractivity contribution is 0.110. The molecule has 1 saturated heterocycles. The van der Waals surface area contributed by atoms with Crippen LogP contribution < -0.4 is 5.32 Å². The largest absolute Gasteiger partial charge is 0.380 e. The summed E-state index contributed by atoms with van der Waals surface area (Å²) < 4.78 is 5.62. The number of rotatable bonds is 5. The summed E-state index contributed by atoms with van der Waals surface area (Å²) in [5.41, 5.74) is 0.545. The Morgan fingerprint density at radius 3 is 2.50 bits per heavy atom. The third-order valence-electron chi connectivity index (χ3n) is 5.38. The zero-order valence-electron chi connectivity index (χ0n) is 13.0. The van der Waals surface area contributed by atoms with Crippen molar-refractivity contribution in [1.82, 2.24) is 10.2 Å². The van der Waals surface area contributed by atoms with Gasteiger partial charge in [0.05, 0.1) is 6.61 Å². The van der Waals surface area contributed by atoms with Crippen molar-refractivity contribution < 1.29 is 4.74 Å². The highest BCUT2D eigenvalue weighted by atomic mass is 16.5. The van der Waals surface area contributed by atoms with Crippen molar-refractivity contribution in [3.8, 4) is 0 Å². The molecule has 3 nitrogen and oxygen atoms in total. The van der Waals surface area contributed by atoms with Gasteiger partial charge in [0.15, 0.2) is 0 Å². The standard InChI is InChI=1S/C17H32N2O/c1-2-4-9-17(8-3-1,14-18-16-6-7-16)15-19-10-5-12-20-13-11-19/h16,18H,1-15H2. The highest BCUT2D eigenvalue weighted by molar-refractivity contribution is 4.91. The summed E-state index contributed by atoms with van der Waals surface area (Å²) >= 11 is 0. The Labute approximate surface area is 124 Å². The first-order valence-electron chi connectivity index (χ1n) is 8.90. The number of nitrogens with zero attached hydrogens (tertiary/aromatic N) is 1. The number of hydrogen-bond donors (Lipinski definition) is 1. The molecule has 1 heterocycles. The van der Waals surface area contributed by atoms with Gasteiger partial charge in [0.25, 0.3) is 0 Å². The van der Waals surface area contributed by atoms with Crippen LogP contribution in [0.5, 0.6) is 0 Å². The summed E-state index contributed by atoms with van der Waals surface area (Å²) in [4.78, 5) is 2.69. The maximum absolute atomic E-state index is 5.62. The van der Waals surface area contributed by atoms with E-state index in [2.05, 4.69) is 10.2 Å². The maximum atomic E-state index is 5.62. The third kappa shape index (κ3) is 4.44. The van der Waals surface area contributed by atoms with Gasteiger partial charge in [0.1, 0.15) is 0 Å². The van der Waals surface area contributed by atoms with Crippen molar-refractivity contribution in [3.05, 3.63) is 0 Å². The van der Waals surface area contributed by atoms with Crippen molar-refractivity contribution >= 4 is 0 Å². The van der Waals surface area contributed by atoms with E-state index in [9.17, 15) is 0 Å². The average Bonchev–Trinajstić information content (AvgIpc) is 3.28. The molecule has 2 aliphatic carbocycles. The van der Waals surface area contributed by atoms with E-state index in [1.54, 1.807) is 0 Å². The Bertz CT molecular complexity index is 275. The maximum Gasteiger partial charge on any atom is 0.0593 e. The molecule has 0 amide bonds. The minimum atomic E-state index is 0.545. The van der Waals surface area contributed by atoms with Gasteiger partial charge >= 0.3 is 0 Å². The predicted molar refractivity (Wildman–Crippen MR) is 83.0 cm³/mol. The Morgan fingerprint density at radius 1 is 0.950 bits per heavy atom. The monoisotopic (exact) mass is 280 g/mol. The molecule has 0 aromatic heterocycles. The summed E-state index contributed by atoms with van der Waals surface area (Å²) in [6, 6.07) is 0.850. The second-order valence-corrected chi connectivity index (χ2v) is 7.31. The normalized spacial score (nSPS) is 28.8. The van der Waals surface area contributed by atoms with Gasteiger partial charge in [0, 0.05) is 38.8 Å². The van der Waals surface area contributed by atoms with E-state index in [4.69, 9.17) is 4.74 Å². The van der Waals surface area contributed by atoms with E-state index in [1.807, 2.05) is 0 Å². The Balaban J connectivity index is 1.59. The fourth-order valence-electron chi connectivity index (χ4n) is 3.95. The van der Waals surface area contributed by atoms with Crippen molar-refractivity contribution in [2.75, 3.05) is 39.4 Å². The molecule has 0 spiro atoms. The Kier molecular flexibility index (Phi) is 5.36. The van der Waals surface area contributed by atoms with Gasteiger partial charge in [-0.05, 0) is 37.5 Å². The van der Waals surface area contributed by atoms with Gasteiger partial charge in [-0.15, -0.1) is 0 Å². The topological polar surface area (TPSA) is 24.5 Å². The van der Waals surface area contributed by atoms with E-state index in [0.29, 0.717) is 5.41 Å². The van der Waals surface area contributed by atoms with Gasteiger partial charge in [0.2, 0.25) is 0 Å². The van der Waals surface area contributed by atoms with Gasteiger partial charge in [-0.25, -0.2) is 0 Å². The lowest BCUT2D eigenvalue weighted by Crippen LogP contribution is -2.45. The van der Waals surface area contributed by atoms with E-state index in [-0.39, 0.29) is 0 Å². The van der Waals surface area contributed by atoms with Crippen LogP contribution in [0.4, 0.5) is 0 Å². The fraction of sp³-hybridized carbons (Fsp3) is 1.00. The summed E-state index contributed by atoms with van der Waals surface area (Å²) in [7, 11) is 0. The van der Waals surface area contributed by atoms with Crippen LogP contribution in [0.3, 0.4) is 0 Å². The molecule has 0 radical (unpaired) electrons. The second-order valence-electron chi connectivity index (χ2n) is 7.31. The molecule has 0 aromatic carbocycles. The SMILES string of the molecule is C1CCCC(CNC2CC2)(CN2CCCOCC2)CC1. The lowest BCUT2D eigenvalue weighted by atomic mass is 9.79. The minimum absolute atomic E-state index is 0.545. The van der Waals surface area contributed by atoms with Crippen molar-refractivity contribution in [2.24, 2.45) is 5.41 Å². The first-order valence-corrected chi connectivity index (χ1v) is 8.90. The van der Waals surface area contributed by atoms with Crippen LogP contribution in [0, 0.1) is 5.41 Å². The van der Waals surface area contributed by atoms with Crippen LogP contribution in [0.2, 0.25) is 0 Å². The average molecular weight is 280 g/mol. The second kappa shape index (κ2) is 7.24. The molecule has 3 aliphatic rings. The van der Waals surface area contributed by atoms with Crippen molar-refractivity contribution in [3.63, 3.8) is 0 Å². The molecule has 0 bridgehead atoms. The summed E-state index contributed by atoms with van der Waals surface area (Å²) in [6.07, 6.45) is 12.7. The van der Waals surface area contributed by atoms with Crippen LogP contribution in [0.15, 0.2) is 0 Å². The molecular formula is C17H32N2O. The Morgan fingerprint density at radius 2 is 1.75 bits per heavy atom. The van der Waals surface area contributed by atoms with Crippen LogP contribution in [-0.2, 0) is 4.74 Å². The van der Waals surface area contributed by atoms with E-state index >= 15 is 0 Å². The Hall–Kier alpha value is -0.120. The highest BCUT2D eigenvalue weighted by Crippen LogP contribution is 2.36. The predicted octanol–water partition coefficient (Wildman–Crippen LogP) is 2.80. The van der Waals surface area contributed by atoms with Crippen molar-refractivity contribution in [2.45, 2.75) is 63.8 Å². The molecule has 1 N–H and O–H groups in total. The highest BCUT2D eigenvalue weighted by Gasteiger charge is 2.34. The molecule has 3 heteroatoms. The third-order valence-corrected chi connectivity index (χ3v) is 5.38.